The number of carbonyl (C=O) groups is 1. The minimum atomic E-state index is -0.368. The molecule has 0 bridgehead atoms. The average Bonchev–Trinajstić information content (AvgIpc) is 2.47. The van der Waals surface area contributed by atoms with Crippen LogP contribution in [-0.4, -0.2) is 12.5 Å². The van der Waals surface area contributed by atoms with Crippen LogP contribution in [0.4, 0.5) is 11.4 Å². The minimum Gasteiger partial charge on any atom is -0.482 e. The summed E-state index contributed by atoms with van der Waals surface area (Å²) in [7, 11) is 0. The zero-order valence-electron chi connectivity index (χ0n) is 11.3. The number of nitrogens with two attached hydrogens (primary N) is 1. The topological polar surface area (TPSA) is 64.3 Å². The summed E-state index contributed by atoms with van der Waals surface area (Å²) >= 11 is 12.2. The van der Waals surface area contributed by atoms with E-state index in [4.69, 9.17) is 33.7 Å². The Kier molecular flexibility index (Phi) is 4.94. The first-order chi connectivity index (χ1) is 9.99. The zero-order chi connectivity index (χ0) is 15.4. The van der Waals surface area contributed by atoms with Crippen molar-refractivity contribution in [3.63, 3.8) is 0 Å². The molecule has 0 aliphatic carbocycles. The summed E-state index contributed by atoms with van der Waals surface area (Å²) in [6.07, 6.45) is 0. The molecule has 0 fully saturated rings. The third-order valence-corrected chi connectivity index (χ3v) is 3.63. The van der Waals surface area contributed by atoms with Crippen molar-refractivity contribution in [2.24, 2.45) is 0 Å². The molecule has 0 aromatic heterocycles. The first-order valence-electron chi connectivity index (χ1n) is 6.21. The van der Waals surface area contributed by atoms with Gasteiger partial charge in [0.05, 0.1) is 21.4 Å². The summed E-state index contributed by atoms with van der Waals surface area (Å²) < 4.78 is 5.36. The Balaban J connectivity index is 2.03. The van der Waals surface area contributed by atoms with E-state index in [1.807, 2.05) is 6.92 Å². The summed E-state index contributed by atoms with van der Waals surface area (Å²) in [6, 6.07) is 10.4. The molecule has 0 spiro atoms. The number of ether oxygens (including phenoxy) is 1. The Morgan fingerprint density at radius 3 is 2.67 bits per heavy atom. The second-order valence-corrected chi connectivity index (χ2v) is 5.21. The molecule has 0 saturated carbocycles. The van der Waals surface area contributed by atoms with Gasteiger partial charge in [-0.05, 0) is 30.7 Å². The van der Waals surface area contributed by atoms with Crippen molar-refractivity contribution in [2.45, 2.75) is 6.92 Å². The lowest BCUT2D eigenvalue weighted by Gasteiger charge is -2.12. The molecule has 4 nitrogen and oxygen atoms in total. The first-order valence-corrected chi connectivity index (χ1v) is 6.96. The van der Waals surface area contributed by atoms with Gasteiger partial charge in [0.1, 0.15) is 5.75 Å². The van der Waals surface area contributed by atoms with Gasteiger partial charge >= 0.3 is 0 Å². The van der Waals surface area contributed by atoms with E-state index in [1.165, 1.54) is 0 Å². The molecule has 0 atom stereocenters. The highest BCUT2D eigenvalue weighted by atomic mass is 35.5. The quantitative estimate of drug-likeness (QED) is 0.838. The molecule has 6 heteroatoms. The van der Waals surface area contributed by atoms with Crippen molar-refractivity contribution in [3.8, 4) is 5.75 Å². The minimum absolute atomic E-state index is 0.186. The molecule has 110 valence electrons. The van der Waals surface area contributed by atoms with Crippen molar-refractivity contribution >= 4 is 40.5 Å². The molecule has 0 aliphatic heterocycles. The predicted octanol–water partition coefficient (Wildman–Crippen LogP) is 3.90. The SMILES string of the molecule is Cc1ccc(Cl)c(NC(=O)COc2ccccc2N)c1Cl. The number of hydrogen-bond donors (Lipinski definition) is 2. The summed E-state index contributed by atoms with van der Waals surface area (Å²) in [5, 5.41) is 3.43. The Morgan fingerprint density at radius 1 is 1.24 bits per heavy atom. The maximum atomic E-state index is 11.9. The number of benzene rings is 2. The van der Waals surface area contributed by atoms with Gasteiger partial charge in [-0.25, -0.2) is 0 Å². The number of nitrogen functional groups attached to an aromatic ring is 1. The maximum Gasteiger partial charge on any atom is 0.262 e. The van der Waals surface area contributed by atoms with Crippen LogP contribution in [0.3, 0.4) is 0 Å². The van der Waals surface area contributed by atoms with E-state index >= 15 is 0 Å². The van der Waals surface area contributed by atoms with Gasteiger partial charge in [-0.2, -0.15) is 0 Å². The molecular formula is C15H14Cl2N2O2. The summed E-state index contributed by atoms with van der Waals surface area (Å²) in [6.45, 7) is 1.64. The van der Waals surface area contributed by atoms with Crippen molar-refractivity contribution in [1.29, 1.82) is 0 Å². The van der Waals surface area contributed by atoms with Crippen LogP contribution in [0.1, 0.15) is 5.56 Å². The van der Waals surface area contributed by atoms with Gasteiger partial charge in [0.2, 0.25) is 0 Å². The number of hydrogen-bond acceptors (Lipinski definition) is 3. The number of carbonyl (C=O) groups excluding carboxylic acids is 1. The maximum absolute atomic E-state index is 11.9. The van der Waals surface area contributed by atoms with Gasteiger partial charge in [0.15, 0.2) is 6.61 Å². The third kappa shape index (κ3) is 3.80. The van der Waals surface area contributed by atoms with Crippen molar-refractivity contribution in [3.05, 3.63) is 52.0 Å². The van der Waals surface area contributed by atoms with E-state index in [2.05, 4.69) is 5.32 Å². The summed E-state index contributed by atoms with van der Waals surface area (Å²) in [5.74, 6) is 0.0849. The van der Waals surface area contributed by atoms with E-state index in [-0.39, 0.29) is 12.5 Å². The molecule has 0 heterocycles. The van der Waals surface area contributed by atoms with Gasteiger partial charge in [-0.1, -0.05) is 41.4 Å². The normalized spacial score (nSPS) is 10.2. The monoisotopic (exact) mass is 324 g/mol. The van der Waals surface area contributed by atoms with Crippen molar-refractivity contribution in [1.82, 2.24) is 0 Å². The number of para-hydroxylation sites is 2. The standard InChI is InChI=1S/C15H14Cl2N2O2/c1-9-6-7-10(16)15(14(9)17)19-13(20)8-21-12-5-3-2-4-11(12)18/h2-7H,8,18H2,1H3,(H,19,20). The van der Waals surface area contributed by atoms with Crippen LogP contribution >= 0.6 is 23.2 Å². The van der Waals surface area contributed by atoms with E-state index in [1.54, 1.807) is 36.4 Å². The number of amides is 1. The molecule has 2 aromatic rings. The highest BCUT2D eigenvalue weighted by Gasteiger charge is 2.12. The van der Waals surface area contributed by atoms with Crippen LogP contribution in [-0.2, 0) is 4.79 Å². The number of aryl methyl sites for hydroxylation is 1. The highest BCUT2D eigenvalue weighted by Crippen LogP contribution is 2.32. The van der Waals surface area contributed by atoms with E-state index in [0.29, 0.717) is 27.2 Å². The largest absolute Gasteiger partial charge is 0.482 e. The van der Waals surface area contributed by atoms with E-state index < -0.39 is 0 Å². The van der Waals surface area contributed by atoms with Crippen molar-refractivity contribution < 1.29 is 9.53 Å². The molecule has 21 heavy (non-hydrogen) atoms. The molecule has 1 amide bonds. The van der Waals surface area contributed by atoms with Crippen LogP contribution in [0, 0.1) is 6.92 Å². The molecule has 2 aromatic carbocycles. The van der Waals surface area contributed by atoms with Crippen LogP contribution in [0.25, 0.3) is 0 Å². The van der Waals surface area contributed by atoms with Crippen LogP contribution in [0.2, 0.25) is 10.0 Å². The number of halogens is 2. The fraction of sp³-hybridized carbons (Fsp3) is 0.133. The predicted molar refractivity (Wildman–Crippen MR) is 86.2 cm³/mol. The van der Waals surface area contributed by atoms with Gasteiger partial charge in [-0.3, -0.25) is 4.79 Å². The first kappa shape index (κ1) is 15.5. The van der Waals surface area contributed by atoms with E-state index in [9.17, 15) is 4.79 Å². The Labute approximate surface area is 132 Å². The molecular weight excluding hydrogens is 311 g/mol. The number of anilines is 2. The molecule has 0 saturated heterocycles. The Bertz CT molecular complexity index is 675. The summed E-state index contributed by atoms with van der Waals surface area (Å²) in [4.78, 5) is 11.9. The highest BCUT2D eigenvalue weighted by molar-refractivity contribution is 6.40. The Hall–Kier alpha value is -1.91. The van der Waals surface area contributed by atoms with Crippen molar-refractivity contribution in [2.75, 3.05) is 17.7 Å². The summed E-state index contributed by atoms with van der Waals surface area (Å²) in [5.41, 5.74) is 7.40. The van der Waals surface area contributed by atoms with Gasteiger partial charge < -0.3 is 15.8 Å². The number of rotatable bonds is 4. The molecule has 0 aliphatic rings. The second-order valence-electron chi connectivity index (χ2n) is 4.43. The zero-order valence-corrected chi connectivity index (χ0v) is 12.8. The fourth-order valence-electron chi connectivity index (χ4n) is 1.70. The Morgan fingerprint density at radius 2 is 1.95 bits per heavy atom. The van der Waals surface area contributed by atoms with Gasteiger partial charge in [0.25, 0.3) is 5.91 Å². The molecule has 2 rings (SSSR count). The van der Waals surface area contributed by atoms with Gasteiger partial charge in [0, 0.05) is 0 Å². The van der Waals surface area contributed by atoms with Crippen LogP contribution < -0.4 is 15.8 Å². The lowest BCUT2D eigenvalue weighted by atomic mass is 10.2. The second kappa shape index (κ2) is 6.70. The van der Waals surface area contributed by atoms with Crippen LogP contribution in [0.5, 0.6) is 5.75 Å². The number of nitrogens with one attached hydrogen (secondary N) is 1. The van der Waals surface area contributed by atoms with Crippen LogP contribution in [0.15, 0.2) is 36.4 Å². The lowest BCUT2D eigenvalue weighted by Crippen LogP contribution is -2.21. The third-order valence-electron chi connectivity index (χ3n) is 2.83. The molecule has 3 N–H and O–H groups in total. The molecule has 0 unspecified atom stereocenters. The smallest absolute Gasteiger partial charge is 0.262 e. The van der Waals surface area contributed by atoms with Gasteiger partial charge in [-0.15, -0.1) is 0 Å². The van der Waals surface area contributed by atoms with E-state index in [0.717, 1.165) is 5.56 Å². The average molecular weight is 325 g/mol. The lowest BCUT2D eigenvalue weighted by molar-refractivity contribution is -0.118. The fourth-order valence-corrected chi connectivity index (χ4v) is 2.17. The molecule has 0 radical (unpaired) electrons.